The lowest BCUT2D eigenvalue weighted by Gasteiger charge is -2.20. The van der Waals surface area contributed by atoms with E-state index in [0.29, 0.717) is 27.9 Å². The van der Waals surface area contributed by atoms with Crippen LogP contribution in [0.4, 0.5) is 10.1 Å². The first-order valence-corrected chi connectivity index (χ1v) is 11.1. The molecule has 0 spiro atoms. The lowest BCUT2D eigenvalue weighted by atomic mass is 9.98. The number of hydrogen-bond acceptors (Lipinski definition) is 7. The zero-order valence-electron chi connectivity index (χ0n) is 19.9. The molecule has 0 amide bonds. The Morgan fingerprint density at radius 2 is 1.89 bits per heavy atom. The lowest BCUT2D eigenvalue weighted by molar-refractivity contribution is 0.586. The number of nitrogens with zero attached hydrogens (tertiary/aromatic N) is 2. The van der Waals surface area contributed by atoms with E-state index in [1.165, 1.54) is 6.07 Å². The fraction of sp³-hybridized carbons (Fsp3) is 0.192. The molecular formula is C26H27FN6O2. The summed E-state index contributed by atoms with van der Waals surface area (Å²) in [6.45, 7) is 7.32. The molecule has 0 aliphatic rings. The number of hydrogen-bond donors (Lipinski definition) is 4. The van der Waals surface area contributed by atoms with Crippen LogP contribution >= 0.6 is 0 Å². The maximum absolute atomic E-state index is 14.6. The van der Waals surface area contributed by atoms with Crippen molar-refractivity contribution in [3.8, 4) is 11.3 Å². The van der Waals surface area contributed by atoms with Crippen molar-refractivity contribution < 1.29 is 8.81 Å². The van der Waals surface area contributed by atoms with E-state index >= 15 is 0 Å². The van der Waals surface area contributed by atoms with Gasteiger partial charge in [-0.25, -0.2) is 20.8 Å². The number of anilines is 1. The van der Waals surface area contributed by atoms with Crippen molar-refractivity contribution in [1.82, 2.24) is 10.5 Å². The number of nitrogens with one attached hydrogen (secondary N) is 2. The summed E-state index contributed by atoms with van der Waals surface area (Å²) in [6.07, 6.45) is 0. The number of pyridine rings is 1. The Hall–Kier alpha value is -4.24. The van der Waals surface area contributed by atoms with Crippen molar-refractivity contribution >= 4 is 22.5 Å². The van der Waals surface area contributed by atoms with Gasteiger partial charge in [0.15, 0.2) is 11.3 Å². The molecule has 8 nitrogen and oxygen atoms in total. The van der Waals surface area contributed by atoms with E-state index in [4.69, 9.17) is 16.0 Å². The maximum Gasteiger partial charge on any atom is 0.196 e. The van der Waals surface area contributed by atoms with Crippen LogP contribution in [0.2, 0.25) is 0 Å². The highest BCUT2D eigenvalue weighted by atomic mass is 19.1. The van der Waals surface area contributed by atoms with Gasteiger partial charge in [0.2, 0.25) is 0 Å². The van der Waals surface area contributed by atoms with E-state index in [1.807, 2.05) is 39.0 Å². The highest BCUT2D eigenvalue weighted by molar-refractivity contribution is 6.00. The van der Waals surface area contributed by atoms with Gasteiger partial charge in [-0.15, -0.1) is 5.10 Å². The fourth-order valence-electron chi connectivity index (χ4n) is 4.09. The molecular weight excluding hydrogens is 447 g/mol. The van der Waals surface area contributed by atoms with Gasteiger partial charge in [-0.05, 0) is 63.6 Å². The molecule has 0 saturated carbocycles. The van der Waals surface area contributed by atoms with Gasteiger partial charge in [0.05, 0.1) is 22.7 Å². The normalized spacial score (nSPS) is 12.6. The van der Waals surface area contributed by atoms with Crippen molar-refractivity contribution in [2.75, 3.05) is 5.32 Å². The Bertz CT molecular complexity index is 1510. The predicted molar refractivity (Wildman–Crippen MR) is 136 cm³/mol. The van der Waals surface area contributed by atoms with E-state index in [0.717, 1.165) is 16.8 Å². The Balaban J connectivity index is 1.88. The zero-order chi connectivity index (χ0) is 25.3. The minimum atomic E-state index is -0.461. The first-order valence-electron chi connectivity index (χ1n) is 11.1. The third kappa shape index (κ3) is 4.58. The second-order valence-corrected chi connectivity index (χ2v) is 8.44. The van der Waals surface area contributed by atoms with E-state index in [2.05, 4.69) is 20.9 Å². The second kappa shape index (κ2) is 9.55. The molecule has 0 radical (unpaired) electrons. The summed E-state index contributed by atoms with van der Waals surface area (Å²) in [5, 5.41) is 7.66. The Kier molecular flexibility index (Phi) is 6.52. The summed E-state index contributed by atoms with van der Waals surface area (Å²) in [5.74, 6) is 5.15. The molecule has 1 atom stereocenters. The van der Waals surface area contributed by atoms with E-state index in [9.17, 15) is 9.18 Å². The van der Waals surface area contributed by atoms with Crippen LogP contribution in [0.3, 0.4) is 0 Å². The van der Waals surface area contributed by atoms with Gasteiger partial charge in [0.25, 0.3) is 0 Å². The number of aryl methyl sites for hydroxylation is 2. The van der Waals surface area contributed by atoms with Crippen molar-refractivity contribution in [1.29, 1.82) is 0 Å². The standard InChI is InChI=1S/C26H27FN6O2/c1-13-11-18(16(4)31-21-10-9-14(2)30-22(21)26(28)32-33-29)25-19(12-13)23(34)15(3)24(35-25)17-7-5-6-8-20(17)27/h5-12,16,31,33H,29H2,1-4H3,(H2,28,32). The number of nitrogens with two attached hydrogens (primary N) is 2. The van der Waals surface area contributed by atoms with Gasteiger partial charge >= 0.3 is 0 Å². The average Bonchev–Trinajstić information content (AvgIpc) is 2.83. The minimum Gasteiger partial charge on any atom is -0.455 e. The zero-order valence-corrected chi connectivity index (χ0v) is 19.9. The first-order chi connectivity index (χ1) is 16.7. The van der Waals surface area contributed by atoms with Gasteiger partial charge in [-0.2, -0.15) is 0 Å². The molecule has 0 aliphatic carbocycles. The van der Waals surface area contributed by atoms with Gasteiger partial charge in [0.1, 0.15) is 22.9 Å². The molecule has 0 aliphatic heterocycles. The van der Waals surface area contributed by atoms with Crippen molar-refractivity contribution in [3.63, 3.8) is 0 Å². The Morgan fingerprint density at radius 1 is 1.14 bits per heavy atom. The molecule has 2 aromatic carbocycles. The molecule has 6 N–H and O–H groups in total. The summed E-state index contributed by atoms with van der Waals surface area (Å²) < 4.78 is 20.8. The molecule has 9 heteroatoms. The fourth-order valence-corrected chi connectivity index (χ4v) is 4.09. The summed E-state index contributed by atoms with van der Waals surface area (Å²) >= 11 is 0. The number of benzene rings is 2. The van der Waals surface area contributed by atoms with Gasteiger partial charge in [-0.3, -0.25) is 4.79 Å². The molecule has 4 aromatic rings. The van der Waals surface area contributed by atoms with Crippen molar-refractivity contribution in [2.45, 2.75) is 33.7 Å². The molecule has 2 heterocycles. The third-order valence-electron chi connectivity index (χ3n) is 5.81. The Morgan fingerprint density at radius 3 is 2.60 bits per heavy atom. The van der Waals surface area contributed by atoms with Gasteiger partial charge in [0, 0.05) is 16.8 Å². The number of amidine groups is 1. The summed E-state index contributed by atoms with van der Waals surface area (Å²) in [6, 6.07) is 13.3. The quantitative estimate of drug-likeness (QED) is 0.143. The molecule has 0 bridgehead atoms. The second-order valence-electron chi connectivity index (χ2n) is 8.44. The summed E-state index contributed by atoms with van der Waals surface area (Å²) in [4.78, 5) is 17.8. The van der Waals surface area contributed by atoms with Crippen LogP contribution in [0.15, 0.2) is 62.8 Å². The van der Waals surface area contributed by atoms with Crippen molar-refractivity contribution in [2.24, 2.45) is 16.7 Å². The topological polar surface area (TPSA) is 132 Å². The van der Waals surface area contributed by atoms with E-state index in [1.54, 1.807) is 31.2 Å². The highest BCUT2D eigenvalue weighted by Crippen LogP contribution is 2.33. The average molecular weight is 475 g/mol. The number of halogens is 1. The number of hydrazine groups is 1. The summed E-state index contributed by atoms with van der Waals surface area (Å²) in [5.41, 5.74) is 12.4. The van der Waals surface area contributed by atoms with Gasteiger partial charge < -0.3 is 15.5 Å². The molecule has 180 valence electrons. The Labute approximate surface area is 201 Å². The largest absolute Gasteiger partial charge is 0.455 e. The number of rotatable bonds is 6. The summed E-state index contributed by atoms with van der Waals surface area (Å²) in [7, 11) is 0. The van der Waals surface area contributed by atoms with E-state index in [-0.39, 0.29) is 28.6 Å². The highest BCUT2D eigenvalue weighted by Gasteiger charge is 2.21. The van der Waals surface area contributed by atoms with Crippen LogP contribution in [0, 0.1) is 26.6 Å². The minimum absolute atomic E-state index is 0.115. The van der Waals surface area contributed by atoms with E-state index < -0.39 is 5.82 Å². The van der Waals surface area contributed by atoms with Crippen LogP contribution in [0.25, 0.3) is 22.3 Å². The van der Waals surface area contributed by atoms with Crippen LogP contribution in [0.1, 0.15) is 41.0 Å². The van der Waals surface area contributed by atoms with Crippen LogP contribution in [-0.4, -0.2) is 10.8 Å². The maximum atomic E-state index is 14.6. The van der Waals surface area contributed by atoms with Crippen LogP contribution < -0.4 is 27.9 Å². The molecule has 4 rings (SSSR count). The van der Waals surface area contributed by atoms with Gasteiger partial charge in [-0.1, -0.05) is 18.2 Å². The first kappa shape index (κ1) is 23.9. The molecule has 0 fully saturated rings. The number of hydrazone groups is 1. The van der Waals surface area contributed by atoms with Crippen LogP contribution in [-0.2, 0) is 0 Å². The van der Waals surface area contributed by atoms with Crippen molar-refractivity contribution in [3.05, 3.63) is 92.6 Å². The molecule has 0 saturated heterocycles. The lowest BCUT2D eigenvalue weighted by Crippen LogP contribution is -2.25. The number of fused-ring (bicyclic) bond motifs is 1. The van der Waals surface area contributed by atoms with Crippen LogP contribution in [0.5, 0.6) is 0 Å². The number of aromatic nitrogens is 1. The molecule has 35 heavy (non-hydrogen) atoms. The predicted octanol–water partition coefficient (Wildman–Crippen LogP) is 4.18. The molecule has 2 aromatic heterocycles. The monoisotopic (exact) mass is 474 g/mol. The smallest absolute Gasteiger partial charge is 0.196 e. The third-order valence-corrected chi connectivity index (χ3v) is 5.81. The SMILES string of the molecule is Cc1cc(C(C)Nc2ccc(C)nc2/C(N)=N/NN)c2oc(-c3ccccc3F)c(C)c(=O)c2c1. The molecule has 1 unspecified atom stereocenters.